The summed E-state index contributed by atoms with van der Waals surface area (Å²) in [6.07, 6.45) is 2.38. The van der Waals surface area contributed by atoms with Crippen LogP contribution in [0, 0.1) is 6.92 Å². The van der Waals surface area contributed by atoms with Crippen molar-refractivity contribution in [1.29, 1.82) is 0 Å². The van der Waals surface area contributed by atoms with Crippen LogP contribution in [0.2, 0.25) is 0 Å². The molecule has 104 valence electrons. The fraction of sp³-hybridized carbons (Fsp3) is 0.333. The molecule has 20 heavy (non-hydrogen) atoms. The molecule has 3 rings (SSSR count). The molecule has 0 saturated carbocycles. The summed E-state index contributed by atoms with van der Waals surface area (Å²) >= 11 is 0. The lowest BCUT2D eigenvalue weighted by Crippen LogP contribution is -2.32. The highest BCUT2D eigenvalue weighted by Crippen LogP contribution is 2.34. The number of benzene rings is 2. The molecule has 0 aliphatic carbocycles. The predicted molar refractivity (Wildman–Crippen MR) is 83.4 cm³/mol. The molecule has 1 atom stereocenters. The van der Waals surface area contributed by atoms with Crippen LogP contribution in [0.3, 0.4) is 0 Å². The third-order valence-corrected chi connectivity index (χ3v) is 4.23. The Morgan fingerprint density at radius 3 is 2.60 bits per heavy atom. The third kappa shape index (κ3) is 2.38. The van der Waals surface area contributed by atoms with Gasteiger partial charge in [0.1, 0.15) is 5.75 Å². The number of phenols is 1. The van der Waals surface area contributed by atoms with Crippen LogP contribution in [0.1, 0.15) is 36.1 Å². The van der Waals surface area contributed by atoms with Gasteiger partial charge in [-0.15, -0.1) is 0 Å². The number of phenolic OH excluding ortho intramolecular Hbond substituents is 1. The van der Waals surface area contributed by atoms with Crippen molar-refractivity contribution in [2.45, 2.75) is 32.7 Å². The molecule has 2 aromatic rings. The van der Waals surface area contributed by atoms with E-state index in [1.807, 2.05) is 12.1 Å². The number of hydrogen-bond acceptors (Lipinski definition) is 2. The minimum absolute atomic E-state index is 0.329. The van der Waals surface area contributed by atoms with Crippen LogP contribution in [-0.2, 0) is 6.42 Å². The van der Waals surface area contributed by atoms with E-state index < -0.39 is 0 Å². The van der Waals surface area contributed by atoms with E-state index in [4.69, 9.17) is 0 Å². The zero-order chi connectivity index (χ0) is 14.1. The topological polar surface area (TPSA) is 23.5 Å². The fourth-order valence-corrected chi connectivity index (χ4v) is 3.09. The highest BCUT2D eigenvalue weighted by atomic mass is 16.3. The molecule has 0 amide bonds. The summed E-state index contributed by atoms with van der Waals surface area (Å²) in [5.74, 6) is 0.329. The summed E-state index contributed by atoms with van der Waals surface area (Å²) in [6, 6.07) is 14.7. The number of hydrogen-bond donors (Lipinski definition) is 1. The van der Waals surface area contributed by atoms with E-state index in [0.29, 0.717) is 11.8 Å². The molecule has 2 heteroatoms. The van der Waals surface area contributed by atoms with Crippen molar-refractivity contribution in [3.63, 3.8) is 0 Å². The molecule has 1 aliphatic rings. The Morgan fingerprint density at radius 2 is 1.85 bits per heavy atom. The van der Waals surface area contributed by atoms with Gasteiger partial charge in [-0.05, 0) is 56.0 Å². The second-order valence-electron chi connectivity index (χ2n) is 5.70. The van der Waals surface area contributed by atoms with Gasteiger partial charge in [0.2, 0.25) is 0 Å². The highest BCUT2D eigenvalue weighted by Gasteiger charge is 2.22. The van der Waals surface area contributed by atoms with E-state index in [1.165, 1.54) is 35.2 Å². The first-order chi connectivity index (χ1) is 9.65. The van der Waals surface area contributed by atoms with Gasteiger partial charge < -0.3 is 10.0 Å². The molecule has 0 bridgehead atoms. The largest absolute Gasteiger partial charge is 0.508 e. The first-order valence-corrected chi connectivity index (χ1v) is 7.30. The molecule has 1 N–H and O–H groups in total. The van der Waals surface area contributed by atoms with E-state index >= 15 is 0 Å². The van der Waals surface area contributed by atoms with E-state index in [0.717, 1.165) is 6.54 Å². The summed E-state index contributed by atoms with van der Waals surface area (Å²) < 4.78 is 0. The minimum atomic E-state index is 0.329. The molecule has 0 saturated heterocycles. The molecule has 0 fully saturated rings. The van der Waals surface area contributed by atoms with Gasteiger partial charge in [0, 0.05) is 12.2 Å². The van der Waals surface area contributed by atoms with Crippen molar-refractivity contribution in [3.05, 3.63) is 59.2 Å². The van der Waals surface area contributed by atoms with Gasteiger partial charge in [-0.3, -0.25) is 0 Å². The SMILES string of the molecule is Cc1ccc2c(c1)CCCN2C(C)c1ccc(O)cc1. The Kier molecular flexibility index (Phi) is 3.39. The molecule has 1 unspecified atom stereocenters. The lowest BCUT2D eigenvalue weighted by atomic mass is 9.96. The van der Waals surface area contributed by atoms with Gasteiger partial charge in [0.25, 0.3) is 0 Å². The number of aromatic hydroxyl groups is 1. The van der Waals surface area contributed by atoms with Crippen LogP contribution in [0.5, 0.6) is 5.75 Å². The van der Waals surface area contributed by atoms with Crippen molar-refractivity contribution < 1.29 is 5.11 Å². The van der Waals surface area contributed by atoms with E-state index in [-0.39, 0.29) is 0 Å². The minimum Gasteiger partial charge on any atom is -0.508 e. The van der Waals surface area contributed by atoms with E-state index in [2.05, 4.69) is 36.9 Å². The van der Waals surface area contributed by atoms with E-state index in [9.17, 15) is 5.11 Å². The maximum Gasteiger partial charge on any atom is 0.115 e. The number of aryl methyl sites for hydroxylation is 2. The first kappa shape index (κ1) is 13.0. The lowest BCUT2D eigenvalue weighted by Gasteiger charge is -2.36. The summed E-state index contributed by atoms with van der Waals surface area (Å²) in [6.45, 7) is 5.49. The molecule has 1 aliphatic heterocycles. The molecule has 1 heterocycles. The fourth-order valence-electron chi connectivity index (χ4n) is 3.09. The Labute approximate surface area is 120 Å². The monoisotopic (exact) mass is 267 g/mol. The van der Waals surface area contributed by atoms with Gasteiger partial charge in [0.05, 0.1) is 6.04 Å². The zero-order valence-electron chi connectivity index (χ0n) is 12.1. The molecular formula is C18H21NO. The average Bonchev–Trinajstić information content (AvgIpc) is 2.46. The molecule has 2 nitrogen and oxygen atoms in total. The zero-order valence-corrected chi connectivity index (χ0v) is 12.1. The molecule has 0 aromatic heterocycles. The van der Waals surface area contributed by atoms with Crippen molar-refractivity contribution in [1.82, 2.24) is 0 Å². The first-order valence-electron chi connectivity index (χ1n) is 7.30. The van der Waals surface area contributed by atoms with Gasteiger partial charge >= 0.3 is 0 Å². The van der Waals surface area contributed by atoms with Crippen molar-refractivity contribution in [2.75, 3.05) is 11.4 Å². The van der Waals surface area contributed by atoms with Crippen molar-refractivity contribution in [3.8, 4) is 5.75 Å². The number of rotatable bonds is 2. The van der Waals surface area contributed by atoms with Crippen LogP contribution in [0.25, 0.3) is 0 Å². The maximum absolute atomic E-state index is 9.42. The second kappa shape index (κ2) is 5.20. The van der Waals surface area contributed by atoms with Crippen molar-refractivity contribution >= 4 is 5.69 Å². The van der Waals surface area contributed by atoms with E-state index in [1.54, 1.807) is 12.1 Å². The van der Waals surface area contributed by atoms with Crippen molar-refractivity contribution in [2.24, 2.45) is 0 Å². The van der Waals surface area contributed by atoms with Crippen LogP contribution in [0.4, 0.5) is 5.69 Å². The third-order valence-electron chi connectivity index (χ3n) is 4.23. The predicted octanol–water partition coefficient (Wildman–Crippen LogP) is 4.21. The Bertz CT molecular complexity index is 603. The van der Waals surface area contributed by atoms with Crippen LogP contribution in [0.15, 0.2) is 42.5 Å². The summed E-state index contributed by atoms with van der Waals surface area (Å²) in [4.78, 5) is 2.48. The van der Waals surface area contributed by atoms with Gasteiger partial charge in [-0.25, -0.2) is 0 Å². The highest BCUT2D eigenvalue weighted by molar-refractivity contribution is 5.58. The normalized spacial score (nSPS) is 15.8. The summed E-state index contributed by atoms with van der Waals surface area (Å²) in [7, 11) is 0. The molecule has 0 spiro atoms. The lowest BCUT2D eigenvalue weighted by molar-refractivity contribution is 0.474. The second-order valence-corrected chi connectivity index (χ2v) is 5.70. The Hall–Kier alpha value is -1.96. The molecule has 2 aromatic carbocycles. The van der Waals surface area contributed by atoms with Gasteiger partial charge in [-0.2, -0.15) is 0 Å². The van der Waals surface area contributed by atoms with Gasteiger partial charge in [-0.1, -0.05) is 29.8 Å². The molecular weight excluding hydrogens is 246 g/mol. The summed E-state index contributed by atoms with van der Waals surface area (Å²) in [5.41, 5.74) is 5.41. The standard InChI is InChI=1S/C18H21NO/c1-13-5-10-18-16(12-13)4-3-11-19(18)14(2)15-6-8-17(20)9-7-15/h5-10,12,14,20H,3-4,11H2,1-2H3. The van der Waals surface area contributed by atoms with Crippen LogP contribution in [-0.4, -0.2) is 11.7 Å². The smallest absolute Gasteiger partial charge is 0.115 e. The Morgan fingerprint density at radius 1 is 1.10 bits per heavy atom. The summed E-state index contributed by atoms with van der Waals surface area (Å²) in [5, 5.41) is 9.42. The van der Waals surface area contributed by atoms with Crippen LogP contribution >= 0.6 is 0 Å². The number of anilines is 1. The van der Waals surface area contributed by atoms with Crippen LogP contribution < -0.4 is 4.90 Å². The quantitative estimate of drug-likeness (QED) is 0.881. The van der Waals surface area contributed by atoms with Gasteiger partial charge in [0.15, 0.2) is 0 Å². The average molecular weight is 267 g/mol. The number of nitrogens with zero attached hydrogens (tertiary/aromatic N) is 1. The molecule has 0 radical (unpaired) electrons. The number of fused-ring (bicyclic) bond motifs is 1. The maximum atomic E-state index is 9.42. The Balaban J connectivity index is 1.93.